The lowest BCUT2D eigenvalue weighted by Crippen LogP contribution is -2.50. The Morgan fingerprint density at radius 3 is 2.62 bits per heavy atom. The third kappa shape index (κ3) is 4.96. The van der Waals surface area contributed by atoms with Crippen molar-refractivity contribution in [2.75, 3.05) is 32.1 Å². The number of hydrogen-bond acceptors (Lipinski definition) is 5. The van der Waals surface area contributed by atoms with Gasteiger partial charge < -0.3 is 4.74 Å². The van der Waals surface area contributed by atoms with Crippen molar-refractivity contribution in [2.45, 2.75) is 13.8 Å². The fourth-order valence-corrected chi connectivity index (χ4v) is 1.90. The maximum atomic E-state index is 11.7. The largest absolute Gasteiger partial charge is 0.379 e. The van der Waals surface area contributed by atoms with Crippen LogP contribution in [-0.2, 0) is 14.3 Å². The zero-order chi connectivity index (χ0) is 12.0. The molecule has 0 radical (unpaired) electrons. The molecule has 1 saturated heterocycles. The molecule has 5 nitrogen and oxygen atoms in total. The molecule has 1 unspecified atom stereocenters. The highest BCUT2D eigenvalue weighted by Crippen LogP contribution is 2.09. The number of nitrogens with one attached hydrogen (secondary N) is 1. The molecule has 1 amide bonds. The SMILES string of the molecule is CC(=O)SCC(C)C(=O)NN1CCOCC1. The van der Waals surface area contributed by atoms with Crippen molar-refractivity contribution in [2.24, 2.45) is 5.92 Å². The molecule has 1 rings (SSSR count). The summed E-state index contributed by atoms with van der Waals surface area (Å²) in [5.74, 6) is 0.346. The van der Waals surface area contributed by atoms with Gasteiger partial charge in [-0.2, -0.15) is 0 Å². The summed E-state index contributed by atoms with van der Waals surface area (Å²) in [6.07, 6.45) is 0. The molecule has 0 aliphatic carbocycles. The molecule has 1 fully saturated rings. The summed E-state index contributed by atoms with van der Waals surface area (Å²) in [7, 11) is 0. The number of rotatable bonds is 4. The highest BCUT2D eigenvalue weighted by Gasteiger charge is 2.18. The molecule has 1 aliphatic heterocycles. The molecule has 1 heterocycles. The lowest BCUT2D eigenvalue weighted by molar-refractivity contribution is -0.130. The van der Waals surface area contributed by atoms with Gasteiger partial charge in [-0.25, -0.2) is 5.01 Å². The third-order valence-electron chi connectivity index (χ3n) is 2.26. The van der Waals surface area contributed by atoms with Crippen LogP contribution in [0, 0.1) is 5.92 Å². The van der Waals surface area contributed by atoms with E-state index in [0.717, 1.165) is 13.1 Å². The molecule has 6 heteroatoms. The molecule has 1 N–H and O–H groups in total. The minimum Gasteiger partial charge on any atom is -0.379 e. The van der Waals surface area contributed by atoms with Crippen molar-refractivity contribution in [1.82, 2.24) is 10.4 Å². The predicted octanol–water partition coefficient (Wildman–Crippen LogP) is 0.266. The Morgan fingerprint density at radius 2 is 2.06 bits per heavy atom. The first-order valence-corrected chi connectivity index (χ1v) is 6.34. The fraction of sp³-hybridized carbons (Fsp3) is 0.800. The normalized spacial score (nSPS) is 19.1. The first-order chi connectivity index (χ1) is 7.59. The third-order valence-corrected chi connectivity index (χ3v) is 3.34. The molecular weight excluding hydrogens is 228 g/mol. The molecule has 1 atom stereocenters. The number of carbonyl (C=O) groups excluding carboxylic acids is 2. The standard InChI is InChI=1S/C10H18N2O3S/c1-8(7-16-9(2)13)10(14)11-12-3-5-15-6-4-12/h8H,3-7H2,1-2H3,(H,11,14). The first kappa shape index (κ1) is 13.5. The van der Waals surface area contributed by atoms with Crippen molar-refractivity contribution >= 4 is 22.8 Å². The van der Waals surface area contributed by atoms with E-state index in [1.165, 1.54) is 18.7 Å². The average molecular weight is 246 g/mol. The lowest BCUT2D eigenvalue weighted by atomic mass is 10.2. The summed E-state index contributed by atoms with van der Waals surface area (Å²) in [6.45, 7) is 6.08. The van der Waals surface area contributed by atoms with Gasteiger partial charge in [0.1, 0.15) is 0 Å². The van der Waals surface area contributed by atoms with E-state index in [0.29, 0.717) is 19.0 Å². The van der Waals surface area contributed by atoms with E-state index in [1.807, 2.05) is 11.9 Å². The summed E-state index contributed by atoms with van der Waals surface area (Å²) in [6, 6.07) is 0. The monoisotopic (exact) mass is 246 g/mol. The number of thioether (sulfide) groups is 1. The Morgan fingerprint density at radius 1 is 1.44 bits per heavy atom. The molecule has 0 aromatic rings. The maximum Gasteiger partial charge on any atom is 0.237 e. The number of hydrogen-bond donors (Lipinski definition) is 1. The smallest absolute Gasteiger partial charge is 0.237 e. The average Bonchev–Trinajstić information content (AvgIpc) is 2.27. The highest BCUT2D eigenvalue weighted by atomic mass is 32.2. The molecule has 16 heavy (non-hydrogen) atoms. The lowest BCUT2D eigenvalue weighted by Gasteiger charge is -2.28. The van der Waals surface area contributed by atoms with Gasteiger partial charge in [-0.3, -0.25) is 15.0 Å². The fourth-order valence-electron chi connectivity index (χ4n) is 1.26. The zero-order valence-corrected chi connectivity index (χ0v) is 10.5. The van der Waals surface area contributed by atoms with Crippen LogP contribution in [0.5, 0.6) is 0 Å². The Labute approximate surface area is 99.9 Å². The maximum absolute atomic E-state index is 11.7. The van der Waals surface area contributed by atoms with Crippen molar-refractivity contribution in [3.8, 4) is 0 Å². The molecular formula is C10H18N2O3S. The number of amides is 1. The second kappa shape index (κ2) is 6.88. The highest BCUT2D eigenvalue weighted by molar-refractivity contribution is 8.13. The first-order valence-electron chi connectivity index (χ1n) is 5.36. The van der Waals surface area contributed by atoms with Crippen molar-refractivity contribution in [1.29, 1.82) is 0 Å². The molecule has 1 aliphatic rings. The molecule has 0 aromatic heterocycles. The van der Waals surface area contributed by atoms with Gasteiger partial charge in [0.05, 0.1) is 13.2 Å². The summed E-state index contributed by atoms with van der Waals surface area (Å²) in [4.78, 5) is 22.5. The van der Waals surface area contributed by atoms with E-state index in [4.69, 9.17) is 4.74 Å². The minimum atomic E-state index is -0.156. The van der Waals surface area contributed by atoms with E-state index in [-0.39, 0.29) is 16.9 Å². The van der Waals surface area contributed by atoms with Crippen LogP contribution in [0.25, 0.3) is 0 Å². The number of nitrogens with zero attached hydrogens (tertiary/aromatic N) is 1. The Kier molecular flexibility index (Phi) is 5.79. The van der Waals surface area contributed by atoms with Crippen LogP contribution in [0.15, 0.2) is 0 Å². The molecule has 92 valence electrons. The topological polar surface area (TPSA) is 58.6 Å². The minimum absolute atomic E-state index is 0.0318. The molecule has 0 bridgehead atoms. The van der Waals surface area contributed by atoms with Crippen LogP contribution in [-0.4, -0.2) is 48.1 Å². The van der Waals surface area contributed by atoms with Crippen LogP contribution < -0.4 is 5.43 Å². The van der Waals surface area contributed by atoms with Crippen molar-refractivity contribution in [3.05, 3.63) is 0 Å². The summed E-state index contributed by atoms with van der Waals surface area (Å²) >= 11 is 1.19. The van der Waals surface area contributed by atoms with Gasteiger partial charge in [-0.1, -0.05) is 18.7 Å². The van der Waals surface area contributed by atoms with Gasteiger partial charge >= 0.3 is 0 Å². The Balaban J connectivity index is 2.24. The van der Waals surface area contributed by atoms with Crippen molar-refractivity contribution < 1.29 is 14.3 Å². The molecule has 0 saturated carbocycles. The van der Waals surface area contributed by atoms with Crippen LogP contribution in [0.3, 0.4) is 0 Å². The number of carbonyl (C=O) groups is 2. The van der Waals surface area contributed by atoms with E-state index >= 15 is 0 Å². The van der Waals surface area contributed by atoms with Crippen molar-refractivity contribution in [3.63, 3.8) is 0 Å². The second-order valence-corrected chi connectivity index (χ2v) is 4.98. The Bertz CT molecular complexity index is 254. The van der Waals surface area contributed by atoms with Gasteiger partial charge in [0.15, 0.2) is 5.12 Å². The molecule has 0 aromatic carbocycles. The summed E-state index contributed by atoms with van der Waals surface area (Å²) < 4.78 is 5.18. The number of ether oxygens (including phenoxy) is 1. The Hall–Kier alpha value is -0.590. The zero-order valence-electron chi connectivity index (χ0n) is 9.69. The van der Waals surface area contributed by atoms with Gasteiger partial charge in [-0.05, 0) is 0 Å². The van der Waals surface area contributed by atoms with Crippen LogP contribution in [0.1, 0.15) is 13.8 Å². The van der Waals surface area contributed by atoms with Gasteiger partial charge in [0, 0.05) is 31.7 Å². The van der Waals surface area contributed by atoms with E-state index in [1.54, 1.807) is 0 Å². The van der Waals surface area contributed by atoms with Crippen LogP contribution in [0.2, 0.25) is 0 Å². The molecule has 0 spiro atoms. The quantitative estimate of drug-likeness (QED) is 0.771. The van der Waals surface area contributed by atoms with E-state index in [2.05, 4.69) is 5.43 Å². The number of morpholine rings is 1. The predicted molar refractivity (Wildman–Crippen MR) is 62.8 cm³/mol. The summed E-state index contributed by atoms with van der Waals surface area (Å²) in [5, 5.41) is 1.91. The summed E-state index contributed by atoms with van der Waals surface area (Å²) in [5.41, 5.74) is 2.83. The van der Waals surface area contributed by atoms with E-state index < -0.39 is 0 Å². The second-order valence-electron chi connectivity index (χ2n) is 3.78. The van der Waals surface area contributed by atoms with Gasteiger partial charge in [-0.15, -0.1) is 0 Å². The van der Waals surface area contributed by atoms with E-state index in [9.17, 15) is 9.59 Å². The van der Waals surface area contributed by atoms with Crippen LogP contribution in [0.4, 0.5) is 0 Å². The van der Waals surface area contributed by atoms with Crippen LogP contribution >= 0.6 is 11.8 Å². The van der Waals surface area contributed by atoms with Gasteiger partial charge in [0.25, 0.3) is 0 Å². The number of hydrazine groups is 1. The van der Waals surface area contributed by atoms with Gasteiger partial charge in [0.2, 0.25) is 5.91 Å².